The lowest BCUT2D eigenvalue weighted by Gasteiger charge is -2.22. The van der Waals surface area contributed by atoms with Gasteiger partial charge in [-0.25, -0.2) is 0 Å². The van der Waals surface area contributed by atoms with Gasteiger partial charge in [-0.3, -0.25) is 9.59 Å². The maximum absolute atomic E-state index is 12.6. The van der Waals surface area contributed by atoms with Gasteiger partial charge in [0.1, 0.15) is 29.4 Å². The van der Waals surface area contributed by atoms with Crippen LogP contribution in [0.25, 0.3) is 11.1 Å². The Bertz CT molecular complexity index is 1010. The molecule has 0 saturated heterocycles. The monoisotopic (exact) mass is 460 g/mol. The fraction of sp³-hybridized carbons (Fsp3) is 0.417. The Labute approximate surface area is 193 Å². The highest BCUT2D eigenvalue weighted by Crippen LogP contribution is 2.42. The minimum absolute atomic E-state index is 0.0320. The number of fused-ring (bicyclic) bond motifs is 1. The maximum atomic E-state index is 12.6. The number of ether oxygens (including phenoxy) is 3. The molecule has 7 nitrogen and oxygen atoms in total. The van der Waals surface area contributed by atoms with Gasteiger partial charge in [0.2, 0.25) is 11.8 Å². The van der Waals surface area contributed by atoms with Crippen LogP contribution in [0.15, 0.2) is 30.3 Å². The van der Waals surface area contributed by atoms with Crippen LogP contribution in [0.5, 0.6) is 17.2 Å². The van der Waals surface area contributed by atoms with E-state index >= 15 is 0 Å². The van der Waals surface area contributed by atoms with Crippen LogP contribution in [0.4, 0.5) is 0 Å². The molecular weight excluding hydrogens is 432 g/mol. The molecule has 0 aliphatic carbocycles. The van der Waals surface area contributed by atoms with Crippen LogP contribution in [0.2, 0.25) is 5.02 Å². The van der Waals surface area contributed by atoms with Crippen molar-refractivity contribution in [1.82, 2.24) is 10.6 Å². The van der Waals surface area contributed by atoms with E-state index in [4.69, 9.17) is 25.8 Å². The number of methoxy groups -OCH3 is 2. The number of halogens is 1. The average Bonchev–Trinajstić information content (AvgIpc) is 3.18. The molecule has 2 atom stereocenters. The van der Waals surface area contributed by atoms with E-state index in [0.717, 1.165) is 16.7 Å². The lowest BCUT2D eigenvalue weighted by Crippen LogP contribution is -2.50. The van der Waals surface area contributed by atoms with Crippen LogP contribution in [-0.4, -0.2) is 44.7 Å². The van der Waals surface area contributed by atoms with E-state index in [0.29, 0.717) is 35.2 Å². The third-order valence-corrected chi connectivity index (χ3v) is 5.66. The van der Waals surface area contributed by atoms with Crippen molar-refractivity contribution in [2.24, 2.45) is 5.92 Å². The van der Waals surface area contributed by atoms with E-state index in [1.807, 2.05) is 44.2 Å². The molecule has 2 amide bonds. The summed E-state index contributed by atoms with van der Waals surface area (Å²) in [6.45, 7) is 5.48. The molecule has 0 saturated carbocycles. The zero-order valence-electron chi connectivity index (χ0n) is 19.0. The van der Waals surface area contributed by atoms with Crippen LogP contribution >= 0.6 is 11.6 Å². The molecule has 2 aromatic carbocycles. The summed E-state index contributed by atoms with van der Waals surface area (Å²) in [5, 5.41) is 6.07. The number of amides is 2. The van der Waals surface area contributed by atoms with Crippen molar-refractivity contribution in [2.75, 3.05) is 20.8 Å². The quantitative estimate of drug-likeness (QED) is 0.628. The predicted octanol–water partition coefficient (Wildman–Crippen LogP) is 3.60. The summed E-state index contributed by atoms with van der Waals surface area (Å²) >= 11 is 6.54. The van der Waals surface area contributed by atoms with Crippen LogP contribution in [-0.2, 0) is 16.0 Å². The van der Waals surface area contributed by atoms with E-state index in [-0.39, 0.29) is 23.8 Å². The molecule has 1 heterocycles. The van der Waals surface area contributed by atoms with Gasteiger partial charge >= 0.3 is 0 Å². The Kier molecular flexibility index (Phi) is 7.51. The molecule has 0 radical (unpaired) electrons. The average molecular weight is 461 g/mol. The normalized spacial score (nSPS) is 15.5. The molecule has 2 aromatic rings. The number of rotatable bonds is 8. The largest absolute Gasteiger partial charge is 0.497 e. The van der Waals surface area contributed by atoms with Gasteiger partial charge in [-0.05, 0) is 41.8 Å². The van der Waals surface area contributed by atoms with Crippen molar-refractivity contribution in [2.45, 2.75) is 39.3 Å². The van der Waals surface area contributed by atoms with E-state index in [1.165, 1.54) is 6.92 Å². The van der Waals surface area contributed by atoms with Crippen molar-refractivity contribution in [1.29, 1.82) is 0 Å². The number of nitrogens with one attached hydrogen (secondary N) is 2. The highest BCUT2D eigenvalue weighted by Gasteiger charge is 2.29. The first-order valence-electron chi connectivity index (χ1n) is 10.5. The summed E-state index contributed by atoms with van der Waals surface area (Å²) in [5.41, 5.74) is 2.71. The molecule has 0 bridgehead atoms. The van der Waals surface area contributed by atoms with Crippen molar-refractivity contribution >= 4 is 23.4 Å². The van der Waals surface area contributed by atoms with Crippen molar-refractivity contribution in [3.8, 4) is 28.4 Å². The van der Waals surface area contributed by atoms with E-state index in [2.05, 4.69) is 10.6 Å². The fourth-order valence-electron chi connectivity index (χ4n) is 3.77. The minimum Gasteiger partial charge on any atom is -0.497 e. The number of benzene rings is 2. The van der Waals surface area contributed by atoms with Crippen LogP contribution < -0.4 is 24.8 Å². The first-order chi connectivity index (χ1) is 15.2. The van der Waals surface area contributed by atoms with Crippen LogP contribution in [0.1, 0.15) is 26.3 Å². The molecule has 3 rings (SSSR count). The standard InChI is InChI=1S/C24H29ClN2O5/c1-13(2)22(27-14(3)28)24(29)26-12-18-9-16-8-15(10-20(25)23(16)32-18)19-11-17(30-4)6-7-21(19)31-5/h6-8,10-11,13,18,22H,9,12H2,1-5H3,(H,26,29)(H,27,28)/t18-,22+/m0/s1. The Morgan fingerprint density at radius 2 is 1.94 bits per heavy atom. The molecule has 0 aromatic heterocycles. The zero-order chi connectivity index (χ0) is 23.4. The second-order valence-corrected chi connectivity index (χ2v) is 8.53. The zero-order valence-corrected chi connectivity index (χ0v) is 19.7. The molecule has 0 fully saturated rings. The second-order valence-electron chi connectivity index (χ2n) is 8.12. The summed E-state index contributed by atoms with van der Waals surface area (Å²) in [6.07, 6.45) is 0.348. The van der Waals surface area contributed by atoms with Crippen LogP contribution in [0, 0.1) is 5.92 Å². The van der Waals surface area contributed by atoms with Crippen molar-refractivity contribution < 1.29 is 23.8 Å². The van der Waals surface area contributed by atoms with Gasteiger partial charge in [-0.2, -0.15) is 0 Å². The molecule has 0 unspecified atom stereocenters. The summed E-state index contributed by atoms with van der Waals surface area (Å²) in [4.78, 5) is 24.0. The summed E-state index contributed by atoms with van der Waals surface area (Å²) in [5.74, 6) is 1.54. The summed E-state index contributed by atoms with van der Waals surface area (Å²) in [6, 6.07) is 8.86. The van der Waals surface area contributed by atoms with Crippen LogP contribution in [0.3, 0.4) is 0 Å². The number of carbonyl (C=O) groups is 2. The molecule has 2 N–H and O–H groups in total. The van der Waals surface area contributed by atoms with E-state index < -0.39 is 6.04 Å². The third kappa shape index (κ3) is 5.27. The maximum Gasteiger partial charge on any atom is 0.242 e. The molecule has 1 aliphatic heterocycles. The lowest BCUT2D eigenvalue weighted by molar-refractivity contribution is -0.129. The minimum atomic E-state index is -0.591. The Hall–Kier alpha value is -2.93. The van der Waals surface area contributed by atoms with E-state index in [9.17, 15) is 9.59 Å². The summed E-state index contributed by atoms with van der Waals surface area (Å²) < 4.78 is 16.9. The van der Waals surface area contributed by atoms with Crippen molar-refractivity contribution in [3.05, 3.63) is 40.9 Å². The molecule has 172 valence electrons. The number of carbonyl (C=O) groups excluding carboxylic acids is 2. The first kappa shape index (κ1) is 23.7. The summed E-state index contributed by atoms with van der Waals surface area (Å²) in [7, 11) is 3.23. The number of hydrogen-bond donors (Lipinski definition) is 2. The molecule has 1 aliphatic rings. The Balaban J connectivity index is 1.75. The van der Waals surface area contributed by atoms with Gasteiger partial charge in [0.05, 0.1) is 25.8 Å². The van der Waals surface area contributed by atoms with Gasteiger partial charge < -0.3 is 24.8 Å². The second kappa shape index (κ2) is 10.1. The van der Waals surface area contributed by atoms with Gasteiger partial charge in [0.15, 0.2) is 0 Å². The third-order valence-electron chi connectivity index (χ3n) is 5.38. The van der Waals surface area contributed by atoms with Gasteiger partial charge in [-0.1, -0.05) is 25.4 Å². The molecular formula is C24H29ClN2O5. The van der Waals surface area contributed by atoms with Gasteiger partial charge in [-0.15, -0.1) is 0 Å². The molecule has 8 heteroatoms. The topological polar surface area (TPSA) is 85.9 Å². The predicted molar refractivity (Wildman–Crippen MR) is 124 cm³/mol. The Morgan fingerprint density at radius 3 is 2.56 bits per heavy atom. The molecule has 32 heavy (non-hydrogen) atoms. The fourth-order valence-corrected chi connectivity index (χ4v) is 4.06. The van der Waals surface area contributed by atoms with Crippen molar-refractivity contribution in [3.63, 3.8) is 0 Å². The lowest BCUT2D eigenvalue weighted by atomic mass is 9.99. The smallest absolute Gasteiger partial charge is 0.242 e. The highest BCUT2D eigenvalue weighted by atomic mass is 35.5. The molecule has 0 spiro atoms. The first-order valence-corrected chi connectivity index (χ1v) is 10.9. The Morgan fingerprint density at radius 1 is 1.19 bits per heavy atom. The number of hydrogen-bond acceptors (Lipinski definition) is 5. The highest BCUT2D eigenvalue weighted by molar-refractivity contribution is 6.32. The van der Waals surface area contributed by atoms with Gasteiger partial charge in [0, 0.05) is 24.5 Å². The van der Waals surface area contributed by atoms with Gasteiger partial charge in [0.25, 0.3) is 0 Å². The SMILES string of the molecule is COc1ccc(OC)c(-c2cc(Cl)c3c(c2)C[C@@H](CNC(=O)[C@H](NC(C)=O)C(C)C)O3)c1. The van der Waals surface area contributed by atoms with E-state index in [1.54, 1.807) is 14.2 Å².